The molecular weight excluding hydrogens is 498 g/mol. The van der Waals surface area contributed by atoms with Gasteiger partial charge in [0.2, 0.25) is 5.91 Å². The van der Waals surface area contributed by atoms with E-state index in [4.69, 9.17) is 14.6 Å². The lowest BCUT2D eigenvalue weighted by Gasteiger charge is -2.36. The van der Waals surface area contributed by atoms with Gasteiger partial charge < -0.3 is 24.4 Å². The van der Waals surface area contributed by atoms with Crippen molar-refractivity contribution in [3.05, 3.63) is 59.0 Å². The molecule has 2 heterocycles. The highest BCUT2D eigenvalue weighted by atomic mass is 32.2. The molecule has 2 aliphatic heterocycles. The summed E-state index contributed by atoms with van der Waals surface area (Å²) < 4.78 is 10.9. The van der Waals surface area contributed by atoms with Gasteiger partial charge in [0.25, 0.3) is 11.1 Å². The molecule has 2 saturated heterocycles. The molecule has 0 saturated carbocycles. The van der Waals surface area contributed by atoms with E-state index < -0.39 is 23.7 Å². The van der Waals surface area contributed by atoms with Crippen molar-refractivity contribution >= 4 is 46.5 Å². The summed E-state index contributed by atoms with van der Waals surface area (Å²) in [4.78, 5) is 54.5. The zero-order chi connectivity index (χ0) is 26.4. The first-order valence-corrected chi connectivity index (χ1v) is 12.6. The van der Waals surface area contributed by atoms with Crippen LogP contribution in [-0.2, 0) is 14.4 Å². The topological polar surface area (TPSA) is 117 Å². The lowest BCUT2D eigenvalue weighted by Crippen LogP contribution is -2.51. The monoisotopic (exact) mass is 525 g/mol. The number of hydrogen-bond donors (Lipinski definition) is 1. The number of carbonyl (C=O) groups excluding carboxylic acids is 3. The molecule has 0 bridgehead atoms. The van der Waals surface area contributed by atoms with Crippen molar-refractivity contribution in [3.63, 3.8) is 0 Å². The first-order chi connectivity index (χ1) is 17.9. The minimum Gasteiger partial charge on any atom is -0.490 e. The van der Waals surface area contributed by atoms with Gasteiger partial charge in [-0.15, -0.1) is 0 Å². The average molecular weight is 526 g/mol. The van der Waals surface area contributed by atoms with Gasteiger partial charge in [0.05, 0.1) is 11.5 Å². The van der Waals surface area contributed by atoms with E-state index in [-0.39, 0.29) is 23.1 Å². The number of nitrogens with zero attached hydrogens (tertiary/aromatic N) is 3. The smallest absolute Gasteiger partial charge is 0.341 e. The Labute approximate surface area is 218 Å². The predicted octanol–water partition coefficient (Wildman–Crippen LogP) is 2.93. The van der Waals surface area contributed by atoms with Crippen LogP contribution in [0.1, 0.15) is 12.5 Å². The van der Waals surface area contributed by atoms with E-state index in [1.165, 1.54) is 6.08 Å². The minimum atomic E-state index is -1.17. The maximum atomic E-state index is 13.0. The predicted molar refractivity (Wildman–Crippen MR) is 139 cm³/mol. The Morgan fingerprint density at radius 3 is 2.41 bits per heavy atom. The van der Waals surface area contributed by atoms with Gasteiger partial charge in [0.15, 0.2) is 18.1 Å². The lowest BCUT2D eigenvalue weighted by atomic mass is 10.1. The van der Waals surface area contributed by atoms with Crippen molar-refractivity contribution in [1.82, 2.24) is 9.80 Å². The summed E-state index contributed by atoms with van der Waals surface area (Å²) in [5.74, 6) is -1.56. The fourth-order valence-corrected chi connectivity index (χ4v) is 4.90. The van der Waals surface area contributed by atoms with Gasteiger partial charge in [0.1, 0.15) is 6.54 Å². The average Bonchev–Trinajstić information content (AvgIpc) is 3.16. The molecule has 0 aromatic heterocycles. The molecule has 11 heteroatoms. The summed E-state index contributed by atoms with van der Waals surface area (Å²) in [7, 11) is 0. The number of aliphatic carboxylic acids is 1. The molecule has 2 fully saturated rings. The number of ether oxygens (including phenoxy) is 2. The molecule has 0 unspecified atom stereocenters. The van der Waals surface area contributed by atoms with Gasteiger partial charge in [-0.1, -0.05) is 30.3 Å². The number of rotatable bonds is 9. The second-order valence-electron chi connectivity index (χ2n) is 8.26. The number of para-hydroxylation sites is 2. The fraction of sp³-hybridized carbons (Fsp3) is 0.308. The van der Waals surface area contributed by atoms with Crippen molar-refractivity contribution in [1.29, 1.82) is 0 Å². The van der Waals surface area contributed by atoms with Gasteiger partial charge in [0, 0.05) is 37.4 Å². The van der Waals surface area contributed by atoms with Crippen LogP contribution >= 0.6 is 11.8 Å². The van der Waals surface area contributed by atoms with E-state index in [9.17, 15) is 19.2 Å². The summed E-state index contributed by atoms with van der Waals surface area (Å²) in [6.45, 7) is 3.47. The van der Waals surface area contributed by atoms with Crippen molar-refractivity contribution in [2.24, 2.45) is 0 Å². The number of imide groups is 1. The molecule has 0 radical (unpaired) electrons. The molecule has 3 amide bonds. The number of thioether (sulfide) groups is 1. The van der Waals surface area contributed by atoms with E-state index in [1.54, 1.807) is 30.0 Å². The number of anilines is 1. The van der Waals surface area contributed by atoms with E-state index >= 15 is 0 Å². The second kappa shape index (κ2) is 11.8. The van der Waals surface area contributed by atoms with Crippen LogP contribution in [0.15, 0.2) is 53.4 Å². The first kappa shape index (κ1) is 26.1. The van der Waals surface area contributed by atoms with Gasteiger partial charge in [-0.2, -0.15) is 0 Å². The van der Waals surface area contributed by atoms with E-state index in [1.807, 2.05) is 30.3 Å². The SMILES string of the molecule is CCOc1cccc(/C=C2\SC(=O)N(CC(=O)N3CCN(c4ccccc4)CC3)C2=O)c1OCC(=O)O. The third kappa shape index (κ3) is 6.23. The molecule has 2 aromatic rings. The quantitative estimate of drug-likeness (QED) is 0.493. The van der Waals surface area contributed by atoms with Crippen LogP contribution in [0.2, 0.25) is 0 Å². The van der Waals surface area contributed by atoms with Crippen molar-refractivity contribution in [2.45, 2.75) is 6.92 Å². The maximum Gasteiger partial charge on any atom is 0.341 e. The summed E-state index contributed by atoms with van der Waals surface area (Å²) >= 11 is 0.722. The standard InChI is InChI=1S/C26H27N3O7S/c1-2-35-20-10-6-7-18(24(20)36-17-23(31)32)15-21-25(33)29(26(34)37-21)16-22(30)28-13-11-27(12-14-28)19-8-4-3-5-9-19/h3-10,15H,2,11-14,16-17H2,1H3,(H,31,32)/b21-15-. The van der Waals surface area contributed by atoms with Gasteiger partial charge in [-0.05, 0) is 43.0 Å². The van der Waals surface area contributed by atoms with Crippen LogP contribution in [0.4, 0.5) is 10.5 Å². The summed E-state index contributed by atoms with van der Waals surface area (Å²) in [5.41, 5.74) is 1.48. The van der Waals surface area contributed by atoms with E-state index in [0.29, 0.717) is 44.1 Å². The Bertz CT molecular complexity index is 1210. The molecule has 194 valence electrons. The normalized spacial score (nSPS) is 16.9. The number of benzene rings is 2. The number of carboxylic acids is 1. The van der Waals surface area contributed by atoms with Gasteiger partial charge in [-0.25, -0.2) is 4.79 Å². The summed E-state index contributed by atoms with van der Waals surface area (Å²) in [6, 6.07) is 14.9. The number of piperazine rings is 1. The van der Waals surface area contributed by atoms with Crippen LogP contribution < -0.4 is 14.4 Å². The number of amides is 3. The minimum absolute atomic E-state index is 0.112. The summed E-state index contributed by atoms with van der Waals surface area (Å²) in [5, 5.41) is 8.48. The second-order valence-corrected chi connectivity index (χ2v) is 9.25. The molecule has 4 rings (SSSR count). The van der Waals surface area contributed by atoms with E-state index in [2.05, 4.69) is 4.90 Å². The highest BCUT2D eigenvalue weighted by molar-refractivity contribution is 8.18. The third-order valence-electron chi connectivity index (χ3n) is 5.86. The Morgan fingerprint density at radius 2 is 1.73 bits per heavy atom. The number of hydrogen-bond acceptors (Lipinski definition) is 8. The molecular formula is C26H27N3O7S. The Balaban J connectivity index is 1.43. The van der Waals surface area contributed by atoms with Gasteiger partial charge in [-0.3, -0.25) is 19.3 Å². The first-order valence-electron chi connectivity index (χ1n) is 11.8. The zero-order valence-corrected chi connectivity index (χ0v) is 21.1. The summed E-state index contributed by atoms with van der Waals surface area (Å²) in [6.07, 6.45) is 1.45. The van der Waals surface area contributed by atoms with E-state index in [0.717, 1.165) is 22.3 Å². The number of carboxylic acid groups (broad SMARTS) is 1. The maximum absolute atomic E-state index is 13.0. The highest BCUT2D eigenvalue weighted by Crippen LogP contribution is 2.37. The Kier molecular flexibility index (Phi) is 8.34. The molecule has 1 N–H and O–H groups in total. The number of carbonyl (C=O) groups is 4. The Hall–Kier alpha value is -3.99. The lowest BCUT2D eigenvalue weighted by molar-refractivity contribution is -0.139. The molecule has 10 nitrogen and oxygen atoms in total. The van der Waals surface area contributed by atoms with Crippen molar-refractivity contribution < 1.29 is 33.8 Å². The zero-order valence-electron chi connectivity index (χ0n) is 20.3. The molecule has 0 spiro atoms. The fourth-order valence-electron chi connectivity index (χ4n) is 4.07. The van der Waals surface area contributed by atoms with Crippen LogP contribution in [0, 0.1) is 0 Å². The molecule has 37 heavy (non-hydrogen) atoms. The largest absolute Gasteiger partial charge is 0.490 e. The van der Waals surface area contributed by atoms with Crippen LogP contribution in [0.5, 0.6) is 11.5 Å². The molecule has 2 aromatic carbocycles. The van der Waals surface area contributed by atoms with Crippen LogP contribution in [-0.4, -0.2) is 83.9 Å². The third-order valence-corrected chi connectivity index (χ3v) is 6.76. The Morgan fingerprint density at radius 1 is 1.00 bits per heavy atom. The molecule has 0 aliphatic carbocycles. The van der Waals surface area contributed by atoms with Crippen molar-refractivity contribution in [2.75, 3.05) is 50.8 Å². The van der Waals surface area contributed by atoms with Crippen LogP contribution in [0.25, 0.3) is 6.08 Å². The molecule has 0 atom stereocenters. The molecule has 2 aliphatic rings. The van der Waals surface area contributed by atoms with Gasteiger partial charge >= 0.3 is 5.97 Å². The highest BCUT2D eigenvalue weighted by Gasteiger charge is 2.37. The van der Waals surface area contributed by atoms with Crippen LogP contribution in [0.3, 0.4) is 0 Å². The van der Waals surface area contributed by atoms with Crippen molar-refractivity contribution in [3.8, 4) is 11.5 Å².